The molecule has 1 rings (SSSR count). The normalized spacial score (nSPS) is 10.5. The number of hydrogen-bond acceptors (Lipinski definition) is 2. The summed E-state index contributed by atoms with van der Waals surface area (Å²) in [5.41, 5.74) is 0.899. The average Bonchev–Trinajstić information content (AvgIpc) is 2.23. The summed E-state index contributed by atoms with van der Waals surface area (Å²) in [7, 11) is 0. The van der Waals surface area contributed by atoms with Crippen LogP contribution in [0.15, 0.2) is 18.5 Å². The highest BCUT2D eigenvalue weighted by Gasteiger charge is 1.95. The maximum absolute atomic E-state index is 12.7. The molecule has 1 heterocycles. The van der Waals surface area contributed by atoms with Crippen LogP contribution in [0.4, 0.5) is 4.39 Å². The first-order valence-electron chi connectivity index (χ1n) is 5.19. The summed E-state index contributed by atoms with van der Waals surface area (Å²) in [5.74, 6) is -0.270. The van der Waals surface area contributed by atoms with Crippen LogP contribution in [0.1, 0.15) is 24.8 Å². The van der Waals surface area contributed by atoms with E-state index in [4.69, 9.17) is 0 Å². The lowest BCUT2D eigenvalue weighted by atomic mass is 10.2. The summed E-state index contributed by atoms with van der Waals surface area (Å²) in [6.45, 7) is 1.67. The van der Waals surface area contributed by atoms with Crippen LogP contribution in [0.25, 0.3) is 0 Å². The van der Waals surface area contributed by atoms with Crippen molar-refractivity contribution in [1.82, 2.24) is 10.3 Å². The molecule has 0 radical (unpaired) electrons. The van der Waals surface area contributed by atoms with Gasteiger partial charge < -0.3 is 5.32 Å². The summed E-state index contributed by atoms with van der Waals surface area (Å²) in [6, 6.07) is 1.51. The molecular weight excluding hydrogens is 259 g/mol. The van der Waals surface area contributed by atoms with E-state index >= 15 is 0 Å². The van der Waals surface area contributed by atoms with Gasteiger partial charge in [0.15, 0.2) is 0 Å². The highest BCUT2D eigenvalue weighted by Crippen LogP contribution is 2.01. The van der Waals surface area contributed by atoms with Crippen LogP contribution in [0.3, 0.4) is 0 Å². The van der Waals surface area contributed by atoms with Gasteiger partial charge in [0.05, 0.1) is 6.20 Å². The van der Waals surface area contributed by atoms with Crippen LogP contribution in [0.2, 0.25) is 0 Å². The monoisotopic (exact) mass is 274 g/mol. The van der Waals surface area contributed by atoms with Gasteiger partial charge in [0.2, 0.25) is 0 Å². The molecular formula is C11H16BrFN2. The van der Waals surface area contributed by atoms with Crippen molar-refractivity contribution < 1.29 is 4.39 Å². The van der Waals surface area contributed by atoms with Gasteiger partial charge in [-0.1, -0.05) is 22.4 Å². The summed E-state index contributed by atoms with van der Waals surface area (Å²) in [5, 5.41) is 4.34. The van der Waals surface area contributed by atoms with E-state index in [2.05, 4.69) is 26.2 Å². The molecule has 0 saturated heterocycles. The van der Waals surface area contributed by atoms with Crippen molar-refractivity contribution in [1.29, 1.82) is 0 Å². The molecule has 0 unspecified atom stereocenters. The molecule has 0 amide bonds. The third-order valence-corrected chi connectivity index (χ3v) is 2.64. The molecule has 0 aromatic carbocycles. The van der Waals surface area contributed by atoms with Crippen LogP contribution in [0, 0.1) is 5.82 Å². The highest BCUT2D eigenvalue weighted by molar-refractivity contribution is 9.09. The Morgan fingerprint density at radius 2 is 2.13 bits per heavy atom. The molecule has 0 saturated carbocycles. The molecule has 84 valence electrons. The number of alkyl halides is 1. The first-order valence-corrected chi connectivity index (χ1v) is 6.31. The Bertz CT molecular complexity index is 281. The maximum atomic E-state index is 12.7. The van der Waals surface area contributed by atoms with Crippen molar-refractivity contribution in [2.24, 2.45) is 0 Å². The number of hydrogen-bond donors (Lipinski definition) is 1. The third kappa shape index (κ3) is 5.85. The zero-order chi connectivity index (χ0) is 10.9. The molecule has 0 aliphatic carbocycles. The minimum absolute atomic E-state index is 0.270. The van der Waals surface area contributed by atoms with E-state index in [0.717, 1.165) is 23.9 Å². The van der Waals surface area contributed by atoms with E-state index in [9.17, 15) is 4.39 Å². The zero-order valence-electron chi connectivity index (χ0n) is 8.68. The molecule has 0 atom stereocenters. The predicted molar refractivity (Wildman–Crippen MR) is 63.5 cm³/mol. The smallest absolute Gasteiger partial charge is 0.141 e. The van der Waals surface area contributed by atoms with Crippen LogP contribution < -0.4 is 5.32 Å². The van der Waals surface area contributed by atoms with E-state index < -0.39 is 0 Å². The lowest BCUT2D eigenvalue weighted by Crippen LogP contribution is -2.14. The van der Waals surface area contributed by atoms with Crippen LogP contribution >= 0.6 is 15.9 Å². The Morgan fingerprint density at radius 1 is 1.27 bits per heavy atom. The summed E-state index contributed by atoms with van der Waals surface area (Å²) in [6.07, 6.45) is 6.51. The van der Waals surface area contributed by atoms with Gasteiger partial charge >= 0.3 is 0 Å². The molecule has 1 aromatic heterocycles. The molecule has 1 aromatic rings. The maximum Gasteiger partial charge on any atom is 0.141 e. The quantitative estimate of drug-likeness (QED) is 0.611. The molecule has 1 N–H and O–H groups in total. The molecule has 0 bridgehead atoms. The second-order valence-corrected chi connectivity index (χ2v) is 4.23. The number of rotatable bonds is 7. The number of unbranched alkanes of at least 4 members (excludes halogenated alkanes) is 2. The summed E-state index contributed by atoms with van der Waals surface area (Å²) >= 11 is 3.39. The SMILES string of the molecule is Fc1cncc(CNCCCCCBr)c1. The minimum Gasteiger partial charge on any atom is -0.313 e. The zero-order valence-corrected chi connectivity index (χ0v) is 10.3. The van der Waals surface area contributed by atoms with E-state index in [1.54, 1.807) is 6.20 Å². The molecule has 0 fully saturated rings. The van der Waals surface area contributed by atoms with Gasteiger partial charge in [0, 0.05) is 18.1 Å². The largest absolute Gasteiger partial charge is 0.313 e. The van der Waals surface area contributed by atoms with Gasteiger partial charge in [-0.25, -0.2) is 4.39 Å². The Labute approximate surface area is 98.4 Å². The summed E-state index contributed by atoms with van der Waals surface area (Å²) < 4.78 is 12.7. The van der Waals surface area contributed by atoms with Gasteiger partial charge in [-0.2, -0.15) is 0 Å². The van der Waals surface area contributed by atoms with Crippen LogP contribution in [0.5, 0.6) is 0 Å². The molecule has 0 aliphatic heterocycles. The molecule has 0 aliphatic rings. The van der Waals surface area contributed by atoms with Crippen molar-refractivity contribution in [3.8, 4) is 0 Å². The topological polar surface area (TPSA) is 24.9 Å². The molecule has 4 heteroatoms. The number of aromatic nitrogens is 1. The summed E-state index contributed by atoms with van der Waals surface area (Å²) in [4.78, 5) is 3.79. The highest BCUT2D eigenvalue weighted by atomic mass is 79.9. The van der Waals surface area contributed by atoms with Crippen LogP contribution in [-0.4, -0.2) is 16.9 Å². The Balaban J connectivity index is 2.10. The van der Waals surface area contributed by atoms with E-state index in [0.29, 0.717) is 6.54 Å². The number of halogens is 2. The molecule has 15 heavy (non-hydrogen) atoms. The standard InChI is InChI=1S/C11H16BrFN2/c12-4-2-1-3-5-14-7-10-6-11(13)9-15-8-10/h6,8-9,14H,1-5,7H2. The van der Waals surface area contributed by atoms with E-state index in [1.807, 2.05) is 0 Å². The Hall–Kier alpha value is -0.480. The van der Waals surface area contributed by atoms with E-state index in [1.165, 1.54) is 25.1 Å². The molecule has 2 nitrogen and oxygen atoms in total. The minimum atomic E-state index is -0.270. The fraction of sp³-hybridized carbons (Fsp3) is 0.545. The van der Waals surface area contributed by atoms with E-state index in [-0.39, 0.29) is 5.82 Å². The molecule has 0 spiro atoms. The lowest BCUT2D eigenvalue weighted by molar-refractivity contribution is 0.601. The van der Waals surface area contributed by atoms with Gasteiger partial charge in [0.25, 0.3) is 0 Å². The number of nitrogens with one attached hydrogen (secondary N) is 1. The van der Waals surface area contributed by atoms with Crippen molar-refractivity contribution in [2.45, 2.75) is 25.8 Å². The van der Waals surface area contributed by atoms with Gasteiger partial charge in [-0.3, -0.25) is 4.98 Å². The number of pyridine rings is 1. The van der Waals surface area contributed by atoms with Gasteiger partial charge in [-0.05, 0) is 31.0 Å². The first kappa shape index (κ1) is 12.6. The first-order chi connectivity index (χ1) is 7.33. The Kier molecular flexibility index (Phi) is 6.52. The van der Waals surface area contributed by atoms with Crippen LogP contribution in [-0.2, 0) is 6.54 Å². The second-order valence-electron chi connectivity index (χ2n) is 3.44. The van der Waals surface area contributed by atoms with Crippen molar-refractivity contribution in [3.63, 3.8) is 0 Å². The third-order valence-electron chi connectivity index (χ3n) is 2.08. The van der Waals surface area contributed by atoms with Crippen molar-refractivity contribution in [3.05, 3.63) is 29.8 Å². The van der Waals surface area contributed by atoms with Crippen molar-refractivity contribution >= 4 is 15.9 Å². The van der Waals surface area contributed by atoms with Gasteiger partial charge in [-0.15, -0.1) is 0 Å². The van der Waals surface area contributed by atoms with Crippen molar-refractivity contribution in [2.75, 3.05) is 11.9 Å². The average molecular weight is 275 g/mol. The fourth-order valence-corrected chi connectivity index (χ4v) is 1.70. The van der Waals surface area contributed by atoms with Gasteiger partial charge in [0.1, 0.15) is 5.82 Å². The predicted octanol–water partition coefficient (Wildman–Crippen LogP) is 2.88. The lowest BCUT2D eigenvalue weighted by Gasteiger charge is -2.04. The fourth-order valence-electron chi connectivity index (χ4n) is 1.31. The number of nitrogens with zero attached hydrogens (tertiary/aromatic N) is 1. The second kappa shape index (κ2) is 7.77. The Morgan fingerprint density at radius 3 is 2.87 bits per heavy atom.